The van der Waals surface area contributed by atoms with Gasteiger partial charge in [-0.1, -0.05) is 24.3 Å². The molecule has 1 aliphatic rings. The number of anilines is 2. The summed E-state index contributed by atoms with van der Waals surface area (Å²) in [5.41, 5.74) is 3.32. The van der Waals surface area contributed by atoms with E-state index >= 15 is 0 Å². The van der Waals surface area contributed by atoms with Crippen LogP contribution in [0.25, 0.3) is 0 Å². The number of rotatable bonds is 5. The quantitative estimate of drug-likeness (QED) is 0.694. The molecule has 0 aliphatic carbocycles. The Morgan fingerprint density at radius 3 is 2.15 bits per heavy atom. The third-order valence-corrected chi connectivity index (χ3v) is 5.53. The zero-order chi connectivity index (χ0) is 24.9. The van der Waals surface area contributed by atoms with Gasteiger partial charge in [0, 0.05) is 43.1 Å². The molecule has 34 heavy (non-hydrogen) atoms. The maximum absolute atomic E-state index is 13.0. The molecule has 0 aromatic heterocycles. The Bertz CT molecular complexity index is 1030. The summed E-state index contributed by atoms with van der Waals surface area (Å²) >= 11 is 0. The maximum Gasteiger partial charge on any atom is 0.412 e. The smallest absolute Gasteiger partial charge is 0.412 e. The molecule has 0 atom stereocenters. The number of hydrogen-bond acceptors (Lipinski definition) is 5. The van der Waals surface area contributed by atoms with Crippen LogP contribution >= 0.6 is 0 Å². The van der Waals surface area contributed by atoms with Gasteiger partial charge in [-0.2, -0.15) is 0 Å². The second-order valence-corrected chi connectivity index (χ2v) is 9.59. The van der Waals surface area contributed by atoms with Gasteiger partial charge < -0.3 is 15.0 Å². The number of ether oxygens (including phenoxy) is 1. The standard InChI is InChI=1S/C26H34N4O4/c1-18-8-6-9-19(2)23(18)28-22(31)17-29-12-14-30(15-13-29)24(32)20-10-7-11-21(16-20)27-25(33)34-26(3,4)5/h6-11,16H,12-15,17H2,1-5H3,(H,27,33)(H,28,31). The second kappa shape index (κ2) is 10.7. The molecule has 3 amide bonds. The van der Waals surface area contributed by atoms with Crippen molar-refractivity contribution in [3.05, 3.63) is 59.2 Å². The van der Waals surface area contributed by atoms with Gasteiger partial charge in [-0.15, -0.1) is 0 Å². The van der Waals surface area contributed by atoms with Crippen LogP contribution < -0.4 is 10.6 Å². The second-order valence-electron chi connectivity index (χ2n) is 9.59. The van der Waals surface area contributed by atoms with Crippen molar-refractivity contribution in [2.24, 2.45) is 0 Å². The van der Waals surface area contributed by atoms with Gasteiger partial charge in [-0.3, -0.25) is 19.8 Å². The van der Waals surface area contributed by atoms with Crippen molar-refractivity contribution in [3.63, 3.8) is 0 Å². The van der Waals surface area contributed by atoms with E-state index in [0.717, 1.165) is 16.8 Å². The highest BCUT2D eigenvalue weighted by molar-refractivity contribution is 5.96. The lowest BCUT2D eigenvalue weighted by Crippen LogP contribution is -2.50. The summed E-state index contributed by atoms with van der Waals surface area (Å²) in [5.74, 6) is -0.162. The van der Waals surface area contributed by atoms with Crippen LogP contribution in [0.5, 0.6) is 0 Å². The summed E-state index contributed by atoms with van der Waals surface area (Å²) in [5, 5.41) is 5.68. The molecule has 3 rings (SSSR count). The maximum atomic E-state index is 13.0. The molecule has 1 fully saturated rings. The lowest BCUT2D eigenvalue weighted by molar-refractivity contribution is -0.117. The molecule has 0 spiro atoms. The normalized spacial score (nSPS) is 14.4. The van der Waals surface area contributed by atoms with E-state index in [0.29, 0.717) is 37.4 Å². The number of aryl methyl sites for hydroxylation is 2. The van der Waals surface area contributed by atoms with Gasteiger partial charge in [-0.25, -0.2) is 4.79 Å². The molecule has 1 heterocycles. The van der Waals surface area contributed by atoms with Crippen molar-refractivity contribution in [1.82, 2.24) is 9.80 Å². The van der Waals surface area contributed by atoms with Gasteiger partial charge in [0.2, 0.25) is 5.91 Å². The Morgan fingerprint density at radius 2 is 1.53 bits per heavy atom. The zero-order valence-electron chi connectivity index (χ0n) is 20.6. The Kier molecular flexibility index (Phi) is 7.94. The molecule has 8 heteroatoms. The highest BCUT2D eigenvalue weighted by Gasteiger charge is 2.24. The van der Waals surface area contributed by atoms with Crippen LogP contribution in [-0.2, 0) is 9.53 Å². The fourth-order valence-electron chi connectivity index (χ4n) is 3.84. The van der Waals surface area contributed by atoms with Crippen molar-refractivity contribution >= 4 is 29.3 Å². The topological polar surface area (TPSA) is 91.0 Å². The molecule has 0 saturated carbocycles. The fourth-order valence-corrected chi connectivity index (χ4v) is 3.84. The van der Waals surface area contributed by atoms with Crippen molar-refractivity contribution < 1.29 is 19.1 Å². The highest BCUT2D eigenvalue weighted by Crippen LogP contribution is 2.20. The van der Waals surface area contributed by atoms with E-state index in [-0.39, 0.29) is 18.4 Å². The third kappa shape index (κ3) is 7.05. The molecule has 1 aliphatic heterocycles. The van der Waals surface area contributed by atoms with Gasteiger partial charge in [0.25, 0.3) is 5.91 Å². The van der Waals surface area contributed by atoms with E-state index in [2.05, 4.69) is 10.6 Å². The number of nitrogens with one attached hydrogen (secondary N) is 2. The van der Waals surface area contributed by atoms with Crippen LogP contribution in [-0.4, -0.2) is 66.0 Å². The molecule has 0 unspecified atom stereocenters. The van der Waals surface area contributed by atoms with Crippen LogP contribution in [0.1, 0.15) is 42.3 Å². The number of carbonyl (C=O) groups excluding carboxylic acids is 3. The van der Waals surface area contributed by atoms with Crippen LogP contribution in [0.4, 0.5) is 16.2 Å². The SMILES string of the molecule is Cc1cccc(C)c1NC(=O)CN1CCN(C(=O)c2cccc(NC(=O)OC(C)(C)C)c2)CC1. The molecule has 2 N–H and O–H groups in total. The van der Waals surface area contributed by atoms with Gasteiger partial charge in [0.05, 0.1) is 6.54 Å². The number of amides is 3. The number of nitrogens with zero attached hydrogens (tertiary/aromatic N) is 2. The minimum Gasteiger partial charge on any atom is -0.444 e. The molecule has 2 aromatic carbocycles. The summed E-state index contributed by atoms with van der Waals surface area (Å²) in [6.07, 6.45) is -0.565. The number of piperazine rings is 1. The first-order chi connectivity index (χ1) is 16.0. The van der Waals surface area contributed by atoms with Crippen molar-refractivity contribution in [1.29, 1.82) is 0 Å². The molecule has 182 valence electrons. The minimum atomic E-state index is -0.604. The van der Waals surface area contributed by atoms with E-state index in [4.69, 9.17) is 4.74 Å². The molecule has 0 radical (unpaired) electrons. The van der Waals surface area contributed by atoms with E-state index in [1.54, 1.807) is 49.9 Å². The number of hydrogen-bond donors (Lipinski definition) is 2. The van der Waals surface area contributed by atoms with E-state index in [1.807, 2.05) is 36.9 Å². The largest absolute Gasteiger partial charge is 0.444 e. The van der Waals surface area contributed by atoms with Gasteiger partial charge in [0.15, 0.2) is 0 Å². The van der Waals surface area contributed by atoms with Crippen molar-refractivity contribution in [2.45, 2.75) is 40.2 Å². The predicted octanol–water partition coefficient (Wildman–Crippen LogP) is 4.05. The number of benzene rings is 2. The van der Waals surface area contributed by atoms with Crippen LogP contribution in [0, 0.1) is 13.8 Å². The molecular formula is C26H34N4O4. The van der Waals surface area contributed by atoms with Crippen molar-refractivity contribution in [2.75, 3.05) is 43.4 Å². The Morgan fingerprint density at radius 1 is 0.912 bits per heavy atom. The summed E-state index contributed by atoms with van der Waals surface area (Å²) in [4.78, 5) is 41.4. The molecule has 2 aromatic rings. The number of para-hydroxylation sites is 1. The lowest BCUT2D eigenvalue weighted by atomic mass is 10.1. The fraction of sp³-hybridized carbons (Fsp3) is 0.423. The summed E-state index contributed by atoms with van der Waals surface area (Å²) in [7, 11) is 0. The third-order valence-electron chi connectivity index (χ3n) is 5.53. The van der Waals surface area contributed by atoms with Crippen LogP contribution in [0.3, 0.4) is 0 Å². The Hall–Kier alpha value is -3.39. The lowest BCUT2D eigenvalue weighted by Gasteiger charge is -2.34. The minimum absolute atomic E-state index is 0.0573. The van der Waals surface area contributed by atoms with E-state index in [9.17, 15) is 14.4 Å². The summed E-state index contributed by atoms with van der Waals surface area (Å²) in [6.45, 7) is 11.9. The van der Waals surface area contributed by atoms with Crippen LogP contribution in [0.2, 0.25) is 0 Å². The van der Waals surface area contributed by atoms with Gasteiger partial charge >= 0.3 is 6.09 Å². The monoisotopic (exact) mass is 466 g/mol. The predicted molar refractivity (Wildman–Crippen MR) is 133 cm³/mol. The van der Waals surface area contributed by atoms with Crippen molar-refractivity contribution in [3.8, 4) is 0 Å². The van der Waals surface area contributed by atoms with E-state index < -0.39 is 11.7 Å². The summed E-state index contributed by atoms with van der Waals surface area (Å²) in [6, 6.07) is 12.8. The zero-order valence-corrected chi connectivity index (χ0v) is 20.6. The first-order valence-corrected chi connectivity index (χ1v) is 11.5. The first-order valence-electron chi connectivity index (χ1n) is 11.5. The number of carbonyl (C=O) groups is 3. The average molecular weight is 467 g/mol. The Balaban J connectivity index is 1.51. The molecular weight excluding hydrogens is 432 g/mol. The van der Waals surface area contributed by atoms with E-state index in [1.165, 1.54) is 0 Å². The summed E-state index contributed by atoms with van der Waals surface area (Å²) < 4.78 is 5.27. The van der Waals surface area contributed by atoms with Crippen LogP contribution in [0.15, 0.2) is 42.5 Å². The molecule has 8 nitrogen and oxygen atoms in total. The highest BCUT2D eigenvalue weighted by atomic mass is 16.6. The molecule has 1 saturated heterocycles. The van der Waals surface area contributed by atoms with Gasteiger partial charge in [0.1, 0.15) is 5.60 Å². The molecule has 0 bridgehead atoms. The van der Waals surface area contributed by atoms with Gasteiger partial charge in [-0.05, 0) is 63.9 Å². The first kappa shape index (κ1) is 25.2. The average Bonchev–Trinajstić information content (AvgIpc) is 2.75. The Labute approximate surface area is 201 Å².